The molecule has 1 N–H and O–H groups in total. The van der Waals surface area contributed by atoms with E-state index in [1.54, 1.807) is 17.2 Å². The molecule has 2 aromatic rings. The number of benzene rings is 1. The predicted molar refractivity (Wildman–Crippen MR) is 104 cm³/mol. The fraction of sp³-hybridized carbons (Fsp3) is 0.429. The van der Waals surface area contributed by atoms with Gasteiger partial charge in [-0.15, -0.1) is 0 Å². The fourth-order valence-corrected chi connectivity index (χ4v) is 3.44. The fourth-order valence-electron chi connectivity index (χ4n) is 3.44. The largest absolute Gasteiger partial charge is 0.467 e. The number of amides is 2. The van der Waals surface area contributed by atoms with Crippen LogP contribution in [0.4, 0.5) is 5.69 Å². The van der Waals surface area contributed by atoms with Gasteiger partial charge in [0.2, 0.25) is 11.8 Å². The maximum atomic E-state index is 12.5. The summed E-state index contributed by atoms with van der Waals surface area (Å²) < 4.78 is 5.29. The van der Waals surface area contributed by atoms with Crippen LogP contribution in [0.2, 0.25) is 0 Å². The van der Waals surface area contributed by atoms with Crippen molar-refractivity contribution in [3.63, 3.8) is 0 Å². The maximum absolute atomic E-state index is 12.5. The van der Waals surface area contributed by atoms with Gasteiger partial charge in [0, 0.05) is 38.3 Å². The van der Waals surface area contributed by atoms with Crippen molar-refractivity contribution >= 4 is 17.5 Å². The number of aryl methyl sites for hydroxylation is 1. The van der Waals surface area contributed by atoms with E-state index in [9.17, 15) is 9.59 Å². The SMILES string of the molecule is CCN(CCNC(=O)C1CC(=O)N(Cc2ccco2)C1)c1cccc(C)c1. The number of hydrogen-bond donors (Lipinski definition) is 1. The van der Waals surface area contributed by atoms with E-state index in [0.717, 1.165) is 24.5 Å². The van der Waals surface area contributed by atoms with Crippen molar-refractivity contribution in [1.29, 1.82) is 0 Å². The molecule has 2 amide bonds. The van der Waals surface area contributed by atoms with Gasteiger partial charge in [-0.1, -0.05) is 12.1 Å². The van der Waals surface area contributed by atoms with Gasteiger partial charge >= 0.3 is 0 Å². The third kappa shape index (κ3) is 4.90. The van der Waals surface area contributed by atoms with Crippen LogP contribution in [0.5, 0.6) is 0 Å². The Labute approximate surface area is 160 Å². The maximum Gasteiger partial charge on any atom is 0.225 e. The van der Waals surface area contributed by atoms with Crippen molar-refractivity contribution in [2.24, 2.45) is 5.92 Å². The summed E-state index contributed by atoms with van der Waals surface area (Å²) in [6.07, 6.45) is 1.86. The minimum atomic E-state index is -0.290. The molecule has 27 heavy (non-hydrogen) atoms. The van der Waals surface area contributed by atoms with E-state index >= 15 is 0 Å². The monoisotopic (exact) mass is 369 g/mol. The van der Waals surface area contributed by atoms with Crippen molar-refractivity contribution in [3.8, 4) is 0 Å². The lowest BCUT2D eigenvalue weighted by molar-refractivity contribution is -0.129. The molecule has 1 saturated heterocycles. The number of nitrogens with zero attached hydrogens (tertiary/aromatic N) is 2. The molecule has 1 fully saturated rings. The first-order chi connectivity index (χ1) is 13.1. The molecule has 1 unspecified atom stereocenters. The van der Waals surface area contributed by atoms with E-state index in [0.29, 0.717) is 19.6 Å². The van der Waals surface area contributed by atoms with Crippen molar-refractivity contribution < 1.29 is 14.0 Å². The second-order valence-electron chi connectivity index (χ2n) is 6.96. The minimum Gasteiger partial charge on any atom is -0.467 e. The third-order valence-corrected chi connectivity index (χ3v) is 4.94. The first-order valence-electron chi connectivity index (χ1n) is 9.46. The summed E-state index contributed by atoms with van der Waals surface area (Å²) in [5.41, 5.74) is 2.38. The lowest BCUT2D eigenvalue weighted by Crippen LogP contribution is -2.38. The molecule has 1 aliphatic heterocycles. The third-order valence-electron chi connectivity index (χ3n) is 4.94. The Hall–Kier alpha value is -2.76. The number of rotatable bonds is 8. The second-order valence-corrected chi connectivity index (χ2v) is 6.96. The Kier molecular flexibility index (Phi) is 6.16. The number of carbonyl (C=O) groups is 2. The number of anilines is 1. The molecule has 0 spiro atoms. The van der Waals surface area contributed by atoms with Crippen LogP contribution in [0, 0.1) is 12.8 Å². The van der Waals surface area contributed by atoms with Crippen LogP contribution in [-0.2, 0) is 16.1 Å². The Morgan fingerprint density at radius 1 is 1.33 bits per heavy atom. The molecule has 3 rings (SSSR count). The zero-order valence-corrected chi connectivity index (χ0v) is 16.0. The molecular weight excluding hydrogens is 342 g/mol. The van der Waals surface area contributed by atoms with Crippen LogP contribution >= 0.6 is 0 Å². The van der Waals surface area contributed by atoms with Crippen LogP contribution in [0.15, 0.2) is 47.1 Å². The van der Waals surface area contributed by atoms with Crippen LogP contribution in [-0.4, -0.2) is 42.9 Å². The summed E-state index contributed by atoms with van der Waals surface area (Å²) in [5, 5.41) is 2.99. The summed E-state index contributed by atoms with van der Waals surface area (Å²) >= 11 is 0. The second kappa shape index (κ2) is 8.75. The van der Waals surface area contributed by atoms with Gasteiger partial charge in [0.25, 0.3) is 0 Å². The first-order valence-corrected chi connectivity index (χ1v) is 9.46. The number of carbonyl (C=O) groups excluding carboxylic acids is 2. The molecule has 1 aromatic carbocycles. The summed E-state index contributed by atoms with van der Waals surface area (Å²) in [6, 6.07) is 12.0. The number of nitrogens with one attached hydrogen (secondary N) is 1. The number of likely N-dealkylation sites (tertiary alicyclic amines) is 1. The average Bonchev–Trinajstić information content (AvgIpc) is 3.29. The Bertz CT molecular complexity index is 773. The van der Waals surface area contributed by atoms with E-state index in [1.807, 2.05) is 12.1 Å². The molecule has 6 heteroatoms. The molecule has 1 atom stereocenters. The highest BCUT2D eigenvalue weighted by Crippen LogP contribution is 2.20. The molecule has 0 bridgehead atoms. The quantitative estimate of drug-likeness (QED) is 0.777. The molecule has 0 saturated carbocycles. The van der Waals surface area contributed by atoms with Gasteiger partial charge in [-0.3, -0.25) is 9.59 Å². The van der Waals surface area contributed by atoms with E-state index in [4.69, 9.17) is 4.42 Å². The van der Waals surface area contributed by atoms with Crippen LogP contribution in [0.25, 0.3) is 0 Å². The van der Waals surface area contributed by atoms with Crippen LogP contribution < -0.4 is 10.2 Å². The zero-order chi connectivity index (χ0) is 19.2. The van der Waals surface area contributed by atoms with Gasteiger partial charge < -0.3 is 19.5 Å². The Balaban J connectivity index is 1.47. The van der Waals surface area contributed by atoms with E-state index < -0.39 is 0 Å². The normalized spacial score (nSPS) is 16.6. The highest BCUT2D eigenvalue weighted by Gasteiger charge is 2.34. The van der Waals surface area contributed by atoms with Crippen LogP contribution in [0.3, 0.4) is 0 Å². The first kappa shape index (κ1) is 19.0. The van der Waals surface area contributed by atoms with Crippen molar-refractivity contribution in [2.45, 2.75) is 26.8 Å². The van der Waals surface area contributed by atoms with Crippen LogP contribution in [0.1, 0.15) is 24.7 Å². The van der Waals surface area contributed by atoms with Gasteiger partial charge in [-0.2, -0.15) is 0 Å². The van der Waals surface area contributed by atoms with E-state index in [1.165, 1.54) is 5.56 Å². The van der Waals surface area contributed by atoms with Gasteiger partial charge in [0.15, 0.2) is 0 Å². The lowest BCUT2D eigenvalue weighted by atomic mass is 10.1. The van der Waals surface area contributed by atoms with Gasteiger partial charge in [0.05, 0.1) is 18.7 Å². The Morgan fingerprint density at radius 2 is 2.19 bits per heavy atom. The molecule has 2 heterocycles. The summed E-state index contributed by atoms with van der Waals surface area (Å²) in [5.74, 6) is 0.398. The lowest BCUT2D eigenvalue weighted by Gasteiger charge is -2.24. The molecule has 6 nitrogen and oxygen atoms in total. The molecule has 1 aliphatic rings. The average molecular weight is 369 g/mol. The van der Waals surface area contributed by atoms with Gasteiger partial charge in [0.1, 0.15) is 5.76 Å². The van der Waals surface area contributed by atoms with Crippen molar-refractivity contribution in [2.75, 3.05) is 31.1 Å². The number of hydrogen-bond acceptors (Lipinski definition) is 4. The summed E-state index contributed by atoms with van der Waals surface area (Å²) in [4.78, 5) is 28.5. The van der Waals surface area contributed by atoms with Gasteiger partial charge in [-0.25, -0.2) is 0 Å². The van der Waals surface area contributed by atoms with Gasteiger partial charge in [-0.05, 0) is 43.7 Å². The highest BCUT2D eigenvalue weighted by atomic mass is 16.3. The van der Waals surface area contributed by atoms with Crippen molar-refractivity contribution in [1.82, 2.24) is 10.2 Å². The molecule has 0 radical (unpaired) electrons. The standard InChI is InChI=1S/C21H27N3O3/c1-3-23(18-7-4-6-16(2)12-18)10-9-22-21(26)17-13-20(25)24(14-17)15-19-8-5-11-27-19/h4-8,11-12,17H,3,9-10,13-15H2,1-2H3,(H,22,26). The zero-order valence-electron chi connectivity index (χ0n) is 16.0. The molecule has 1 aromatic heterocycles. The molecular formula is C21H27N3O3. The molecule has 0 aliphatic carbocycles. The predicted octanol–water partition coefficient (Wildman–Crippen LogP) is 2.58. The van der Waals surface area contributed by atoms with E-state index in [2.05, 4.69) is 42.3 Å². The highest BCUT2D eigenvalue weighted by molar-refractivity contribution is 5.89. The summed E-state index contributed by atoms with van der Waals surface area (Å²) in [6.45, 7) is 7.22. The smallest absolute Gasteiger partial charge is 0.225 e. The number of likely N-dealkylation sites (N-methyl/N-ethyl adjacent to an activating group) is 1. The Morgan fingerprint density at radius 3 is 2.89 bits per heavy atom. The topological polar surface area (TPSA) is 65.8 Å². The summed E-state index contributed by atoms with van der Waals surface area (Å²) in [7, 11) is 0. The van der Waals surface area contributed by atoms with E-state index in [-0.39, 0.29) is 24.2 Å². The molecule has 144 valence electrons. The number of furan rings is 1. The van der Waals surface area contributed by atoms with Crippen molar-refractivity contribution in [3.05, 3.63) is 54.0 Å². The minimum absolute atomic E-state index is 0.00138.